The number of carbonyl (C=O) groups is 1. The Labute approximate surface area is 118 Å². The van der Waals surface area contributed by atoms with E-state index in [2.05, 4.69) is 21.2 Å². The van der Waals surface area contributed by atoms with Crippen molar-refractivity contribution in [2.75, 3.05) is 5.32 Å². The molecule has 19 heavy (non-hydrogen) atoms. The van der Waals surface area contributed by atoms with Crippen LogP contribution in [0.5, 0.6) is 0 Å². The van der Waals surface area contributed by atoms with Crippen molar-refractivity contribution in [2.45, 2.75) is 6.04 Å². The minimum Gasteiger partial charge on any atom is -0.370 e. The summed E-state index contributed by atoms with van der Waals surface area (Å²) in [5.41, 5.74) is 6.61. The maximum Gasteiger partial charge on any atom is 0.244 e. The molecule has 0 aliphatic carbocycles. The smallest absolute Gasteiger partial charge is 0.244 e. The molecule has 0 heterocycles. The van der Waals surface area contributed by atoms with Crippen molar-refractivity contribution in [1.82, 2.24) is 0 Å². The molecule has 1 unspecified atom stereocenters. The molecule has 2 rings (SSSR count). The Bertz CT molecular complexity index is 604. The van der Waals surface area contributed by atoms with Gasteiger partial charge in [-0.2, -0.15) is 0 Å². The number of hydrogen-bond acceptors (Lipinski definition) is 2. The van der Waals surface area contributed by atoms with E-state index in [4.69, 9.17) is 5.73 Å². The summed E-state index contributed by atoms with van der Waals surface area (Å²) in [6.07, 6.45) is 0. The third-order valence-corrected chi connectivity index (χ3v) is 3.36. The number of carbonyl (C=O) groups excluding carboxylic acids is 1. The summed E-state index contributed by atoms with van der Waals surface area (Å²) >= 11 is 3.37. The standard InChI is InChI=1S/C14H12BrFN2O/c15-12-7-2-1-6-11(12)13(14(17)19)18-10-5-3-4-9(16)8-10/h1-8,13,18H,(H2,17,19). The number of halogens is 2. The van der Waals surface area contributed by atoms with Crippen LogP contribution in [-0.2, 0) is 4.79 Å². The number of nitrogens with two attached hydrogens (primary N) is 1. The summed E-state index contributed by atoms with van der Waals surface area (Å²) in [6.45, 7) is 0. The van der Waals surface area contributed by atoms with Gasteiger partial charge in [-0.25, -0.2) is 4.39 Å². The number of amides is 1. The van der Waals surface area contributed by atoms with Crippen molar-refractivity contribution in [3.05, 3.63) is 64.4 Å². The van der Waals surface area contributed by atoms with Crippen LogP contribution in [0.25, 0.3) is 0 Å². The van der Waals surface area contributed by atoms with Gasteiger partial charge in [0.2, 0.25) is 5.91 Å². The van der Waals surface area contributed by atoms with Gasteiger partial charge in [0.1, 0.15) is 11.9 Å². The van der Waals surface area contributed by atoms with Crippen LogP contribution in [0, 0.1) is 5.82 Å². The Balaban J connectivity index is 2.32. The van der Waals surface area contributed by atoms with Crippen LogP contribution in [0.1, 0.15) is 11.6 Å². The lowest BCUT2D eigenvalue weighted by atomic mass is 10.1. The van der Waals surface area contributed by atoms with Crippen LogP contribution < -0.4 is 11.1 Å². The first kappa shape index (κ1) is 13.5. The highest BCUT2D eigenvalue weighted by Crippen LogP contribution is 2.26. The Hall–Kier alpha value is -1.88. The number of rotatable bonds is 4. The Morgan fingerprint density at radius 1 is 1.21 bits per heavy atom. The topological polar surface area (TPSA) is 55.1 Å². The van der Waals surface area contributed by atoms with E-state index in [9.17, 15) is 9.18 Å². The maximum absolute atomic E-state index is 13.1. The van der Waals surface area contributed by atoms with E-state index in [0.29, 0.717) is 11.3 Å². The van der Waals surface area contributed by atoms with E-state index in [1.807, 2.05) is 18.2 Å². The summed E-state index contributed by atoms with van der Waals surface area (Å²) in [5.74, 6) is -0.906. The van der Waals surface area contributed by atoms with Crippen LogP contribution in [0.15, 0.2) is 53.0 Å². The molecule has 0 spiro atoms. The molecule has 0 saturated heterocycles. The largest absolute Gasteiger partial charge is 0.370 e. The van der Waals surface area contributed by atoms with Gasteiger partial charge in [0.25, 0.3) is 0 Å². The molecule has 0 saturated carbocycles. The molecule has 0 aliphatic heterocycles. The van der Waals surface area contributed by atoms with Crippen LogP contribution in [-0.4, -0.2) is 5.91 Å². The van der Waals surface area contributed by atoms with E-state index in [1.165, 1.54) is 12.1 Å². The fraction of sp³-hybridized carbons (Fsp3) is 0.0714. The first-order valence-corrected chi connectivity index (χ1v) is 6.43. The van der Waals surface area contributed by atoms with E-state index in [1.54, 1.807) is 18.2 Å². The quantitative estimate of drug-likeness (QED) is 0.908. The average molecular weight is 323 g/mol. The summed E-state index contributed by atoms with van der Waals surface area (Å²) in [4.78, 5) is 11.6. The fourth-order valence-electron chi connectivity index (χ4n) is 1.76. The third kappa shape index (κ3) is 3.32. The van der Waals surface area contributed by atoms with Gasteiger partial charge in [0, 0.05) is 10.2 Å². The second kappa shape index (κ2) is 5.84. The molecule has 5 heteroatoms. The Morgan fingerprint density at radius 2 is 1.95 bits per heavy atom. The molecule has 1 amide bonds. The highest BCUT2D eigenvalue weighted by molar-refractivity contribution is 9.10. The SMILES string of the molecule is NC(=O)C(Nc1cccc(F)c1)c1ccccc1Br. The summed E-state index contributed by atoms with van der Waals surface area (Å²) in [7, 11) is 0. The van der Waals surface area contributed by atoms with Crippen LogP contribution in [0.2, 0.25) is 0 Å². The molecular formula is C14H12BrFN2O. The Morgan fingerprint density at radius 3 is 2.58 bits per heavy atom. The van der Waals surface area contributed by atoms with Crippen LogP contribution >= 0.6 is 15.9 Å². The molecule has 3 N–H and O–H groups in total. The second-order valence-corrected chi connectivity index (χ2v) is 4.87. The summed E-state index contributed by atoms with van der Waals surface area (Å²) in [5, 5.41) is 2.93. The monoisotopic (exact) mass is 322 g/mol. The minimum absolute atomic E-state index is 0.375. The van der Waals surface area contributed by atoms with Gasteiger partial charge in [0.15, 0.2) is 0 Å². The van der Waals surface area contributed by atoms with E-state index < -0.39 is 11.9 Å². The highest BCUT2D eigenvalue weighted by atomic mass is 79.9. The first-order valence-electron chi connectivity index (χ1n) is 5.64. The molecule has 98 valence electrons. The second-order valence-electron chi connectivity index (χ2n) is 4.01. The van der Waals surface area contributed by atoms with Gasteiger partial charge < -0.3 is 11.1 Å². The molecule has 1 atom stereocenters. The number of primary amides is 1. The molecule has 2 aromatic rings. The molecular weight excluding hydrogens is 311 g/mol. The molecule has 0 aliphatic rings. The normalized spacial score (nSPS) is 11.9. The molecule has 3 nitrogen and oxygen atoms in total. The number of nitrogens with one attached hydrogen (secondary N) is 1. The fourth-order valence-corrected chi connectivity index (χ4v) is 2.27. The lowest BCUT2D eigenvalue weighted by Gasteiger charge is -2.18. The van der Waals surface area contributed by atoms with Crippen molar-refractivity contribution in [3.63, 3.8) is 0 Å². The van der Waals surface area contributed by atoms with Crippen LogP contribution in [0.3, 0.4) is 0 Å². The number of anilines is 1. The van der Waals surface area contributed by atoms with Crippen molar-refractivity contribution < 1.29 is 9.18 Å². The van der Waals surface area contributed by atoms with Crippen LogP contribution in [0.4, 0.5) is 10.1 Å². The first-order chi connectivity index (χ1) is 9.08. The van der Waals surface area contributed by atoms with E-state index in [-0.39, 0.29) is 5.82 Å². The van der Waals surface area contributed by atoms with Crippen molar-refractivity contribution >= 4 is 27.5 Å². The zero-order chi connectivity index (χ0) is 13.8. The summed E-state index contributed by atoms with van der Waals surface area (Å²) in [6, 6.07) is 12.4. The average Bonchev–Trinajstić information content (AvgIpc) is 2.37. The predicted molar refractivity (Wildman–Crippen MR) is 76.1 cm³/mol. The van der Waals surface area contributed by atoms with Gasteiger partial charge >= 0.3 is 0 Å². The summed E-state index contributed by atoms with van der Waals surface area (Å²) < 4.78 is 13.9. The molecule has 2 aromatic carbocycles. The van der Waals surface area contributed by atoms with Gasteiger partial charge in [-0.05, 0) is 29.8 Å². The lowest BCUT2D eigenvalue weighted by Crippen LogP contribution is -2.28. The lowest BCUT2D eigenvalue weighted by molar-refractivity contribution is -0.118. The van der Waals surface area contributed by atoms with Gasteiger partial charge in [-0.1, -0.05) is 40.2 Å². The third-order valence-electron chi connectivity index (χ3n) is 2.64. The molecule has 0 bridgehead atoms. The zero-order valence-corrected chi connectivity index (χ0v) is 11.5. The maximum atomic E-state index is 13.1. The van der Waals surface area contributed by atoms with Crippen molar-refractivity contribution in [1.29, 1.82) is 0 Å². The number of hydrogen-bond donors (Lipinski definition) is 2. The van der Waals surface area contributed by atoms with Gasteiger partial charge in [-0.15, -0.1) is 0 Å². The van der Waals surface area contributed by atoms with E-state index >= 15 is 0 Å². The van der Waals surface area contributed by atoms with Crippen molar-refractivity contribution in [3.8, 4) is 0 Å². The predicted octanol–water partition coefficient (Wildman–Crippen LogP) is 3.23. The van der Waals surface area contributed by atoms with Crippen molar-refractivity contribution in [2.24, 2.45) is 5.73 Å². The number of benzene rings is 2. The molecule has 0 aromatic heterocycles. The van der Waals surface area contributed by atoms with E-state index in [0.717, 1.165) is 4.47 Å². The highest BCUT2D eigenvalue weighted by Gasteiger charge is 2.19. The Kier molecular flexibility index (Phi) is 4.16. The van der Waals surface area contributed by atoms with Gasteiger partial charge in [-0.3, -0.25) is 4.79 Å². The molecule has 0 radical (unpaired) electrons. The van der Waals surface area contributed by atoms with Gasteiger partial charge in [0.05, 0.1) is 0 Å². The minimum atomic E-state index is -0.725. The zero-order valence-electron chi connectivity index (χ0n) is 9.94. The molecule has 0 fully saturated rings.